The summed E-state index contributed by atoms with van der Waals surface area (Å²) in [5, 5.41) is 8.61. The lowest BCUT2D eigenvalue weighted by Gasteiger charge is -2.29. The number of rotatable bonds is 4. The van der Waals surface area contributed by atoms with E-state index >= 15 is 0 Å². The zero-order valence-corrected chi connectivity index (χ0v) is 17.8. The molecular weight excluding hydrogens is 449 g/mol. The highest BCUT2D eigenvalue weighted by molar-refractivity contribution is 6.01. The summed E-state index contributed by atoms with van der Waals surface area (Å²) < 4.78 is 46.6. The van der Waals surface area contributed by atoms with E-state index in [1.807, 2.05) is 0 Å². The van der Waals surface area contributed by atoms with Gasteiger partial charge in [0.25, 0.3) is 5.91 Å². The number of anilines is 1. The van der Waals surface area contributed by atoms with Crippen LogP contribution in [-0.2, 0) is 6.18 Å². The maximum Gasteiger partial charge on any atom is 0.416 e. The third kappa shape index (κ3) is 3.39. The van der Waals surface area contributed by atoms with Gasteiger partial charge in [0.1, 0.15) is 18.7 Å². The number of amides is 1. The van der Waals surface area contributed by atoms with Crippen LogP contribution >= 0.6 is 0 Å². The van der Waals surface area contributed by atoms with Crippen molar-refractivity contribution in [3.05, 3.63) is 59.4 Å². The van der Waals surface area contributed by atoms with Gasteiger partial charge in [-0.05, 0) is 49.1 Å². The summed E-state index contributed by atoms with van der Waals surface area (Å²) in [6, 6.07) is 8.06. The van der Waals surface area contributed by atoms with E-state index in [0.717, 1.165) is 25.0 Å². The first-order valence-corrected chi connectivity index (χ1v) is 10.8. The van der Waals surface area contributed by atoms with Crippen LogP contribution in [0.25, 0.3) is 16.6 Å². The topological polar surface area (TPSA) is 98.6 Å². The molecular formula is C23H19F3N6O2. The van der Waals surface area contributed by atoms with Crippen LogP contribution in [0.5, 0.6) is 5.75 Å². The molecule has 0 bridgehead atoms. The summed E-state index contributed by atoms with van der Waals surface area (Å²) in [6.07, 6.45) is -0.987. The number of nitrogens with two attached hydrogens (primary N) is 1. The Morgan fingerprint density at radius 1 is 1.21 bits per heavy atom. The molecule has 34 heavy (non-hydrogen) atoms. The van der Waals surface area contributed by atoms with Crippen molar-refractivity contribution in [1.82, 2.24) is 24.5 Å². The fourth-order valence-corrected chi connectivity index (χ4v) is 4.43. The maximum atomic E-state index is 13.7. The predicted molar refractivity (Wildman–Crippen MR) is 116 cm³/mol. The van der Waals surface area contributed by atoms with Crippen LogP contribution in [0.15, 0.2) is 42.7 Å². The van der Waals surface area contributed by atoms with E-state index in [-0.39, 0.29) is 24.2 Å². The van der Waals surface area contributed by atoms with E-state index in [0.29, 0.717) is 40.1 Å². The fraction of sp³-hybridized carbons (Fsp3) is 0.304. The van der Waals surface area contributed by atoms with Crippen LogP contribution in [0.3, 0.4) is 0 Å². The van der Waals surface area contributed by atoms with Crippen molar-refractivity contribution in [2.24, 2.45) is 5.92 Å². The van der Waals surface area contributed by atoms with Crippen LogP contribution in [0, 0.1) is 5.92 Å². The average Bonchev–Trinajstić information content (AvgIpc) is 3.31. The molecule has 2 aromatic heterocycles. The van der Waals surface area contributed by atoms with E-state index < -0.39 is 17.8 Å². The monoisotopic (exact) mass is 468 g/mol. The van der Waals surface area contributed by atoms with Gasteiger partial charge in [0.05, 0.1) is 17.1 Å². The van der Waals surface area contributed by atoms with Gasteiger partial charge in [-0.25, -0.2) is 4.98 Å². The highest BCUT2D eigenvalue weighted by atomic mass is 19.4. The first-order valence-electron chi connectivity index (χ1n) is 10.8. The lowest BCUT2D eigenvalue weighted by Crippen LogP contribution is -2.37. The Morgan fingerprint density at radius 2 is 2.03 bits per heavy atom. The molecule has 1 fully saturated rings. The molecule has 0 spiro atoms. The molecule has 1 saturated carbocycles. The molecule has 0 radical (unpaired) electrons. The molecule has 11 heteroatoms. The lowest BCUT2D eigenvalue weighted by atomic mass is 10.0. The summed E-state index contributed by atoms with van der Waals surface area (Å²) in [5.74, 6) is 0.536. The Morgan fingerprint density at radius 3 is 2.79 bits per heavy atom. The molecule has 2 aliphatic rings. The highest BCUT2D eigenvalue weighted by Gasteiger charge is 2.39. The normalized spacial score (nSPS) is 17.7. The average molecular weight is 468 g/mol. The van der Waals surface area contributed by atoms with Crippen LogP contribution < -0.4 is 10.5 Å². The number of carbonyl (C=O) groups is 1. The number of ether oxygens (including phenoxy) is 1. The molecule has 8 nitrogen and oxygen atoms in total. The standard InChI is InChI=1S/C23H19F3N6O2/c24-23(25,26)14-4-5-15-18(10-34-19(15)8-14)31(9-12-1-2-12)21(33)13-3-6-17-16(7-13)20-30-28-11-32(20)22(27)29-17/h3-8,11-12,18H,1-2,9-10H2,(H2,27,29). The van der Waals surface area contributed by atoms with E-state index in [2.05, 4.69) is 15.2 Å². The molecule has 1 amide bonds. The van der Waals surface area contributed by atoms with Crippen LogP contribution in [0.4, 0.5) is 19.1 Å². The van der Waals surface area contributed by atoms with Crippen LogP contribution in [0.2, 0.25) is 0 Å². The minimum absolute atomic E-state index is 0.106. The molecule has 6 rings (SSSR count). The predicted octanol–water partition coefficient (Wildman–Crippen LogP) is 3.86. The summed E-state index contributed by atoms with van der Waals surface area (Å²) >= 11 is 0. The van der Waals surface area contributed by atoms with Crippen molar-refractivity contribution in [3.8, 4) is 5.75 Å². The SMILES string of the molecule is Nc1nc2ccc(C(=O)N(CC3CC3)C3COc4cc(C(F)(F)F)ccc43)cc2c2nncn12. The number of carbonyl (C=O) groups excluding carboxylic acids is 1. The Bertz CT molecular complexity index is 1450. The third-order valence-electron chi connectivity index (χ3n) is 6.40. The van der Waals surface area contributed by atoms with Gasteiger partial charge in [-0.3, -0.25) is 9.20 Å². The molecule has 3 heterocycles. The van der Waals surface area contributed by atoms with E-state index in [9.17, 15) is 18.0 Å². The van der Waals surface area contributed by atoms with Crippen molar-refractivity contribution in [2.45, 2.75) is 25.1 Å². The van der Waals surface area contributed by atoms with Crippen LogP contribution in [-0.4, -0.2) is 43.5 Å². The largest absolute Gasteiger partial charge is 0.491 e. The van der Waals surface area contributed by atoms with Crippen molar-refractivity contribution >= 4 is 28.4 Å². The van der Waals surface area contributed by atoms with Crippen molar-refractivity contribution in [3.63, 3.8) is 0 Å². The Labute approximate surface area is 191 Å². The number of alkyl halides is 3. The molecule has 2 aromatic carbocycles. The number of hydrogen-bond acceptors (Lipinski definition) is 6. The van der Waals surface area contributed by atoms with Gasteiger partial charge in [0.2, 0.25) is 5.95 Å². The second-order valence-electron chi connectivity index (χ2n) is 8.70. The lowest BCUT2D eigenvalue weighted by molar-refractivity contribution is -0.137. The van der Waals surface area contributed by atoms with Gasteiger partial charge in [-0.1, -0.05) is 6.07 Å². The summed E-state index contributed by atoms with van der Waals surface area (Å²) in [5.41, 5.74) is 7.25. The Balaban J connectivity index is 1.39. The molecule has 4 aromatic rings. The first-order chi connectivity index (χ1) is 16.3. The zero-order valence-electron chi connectivity index (χ0n) is 17.8. The summed E-state index contributed by atoms with van der Waals surface area (Å²) in [7, 11) is 0. The zero-order chi connectivity index (χ0) is 23.6. The number of nitrogens with zero attached hydrogens (tertiary/aromatic N) is 5. The maximum absolute atomic E-state index is 13.7. The van der Waals surface area contributed by atoms with E-state index in [4.69, 9.17) is 10.5 Å². The minimum atomic E-state index is -4.46. The molecule has 1 unspecified atom stereocenters. The first kappa shape index (κ1) is 20.7. The van der Waals surface area contributed by atoms with Gasteiger partial charge >= 0.3 is 6.18 Å². The van der Waals surface area contributed by atoms with Crippen molar-refractivity contribution in [1.29, 1.82) is 0 Å². The second-order valence-corrected chi connectivity index (χ2v) is 8.70. The van der Waals surface area contributed by atoms with Gasteiger partial charge in [0.15, 0.2) is 5.65 Å². The number of fused-ring (bicyclic) bond motifs is 4. The van der Waals surface area contributed by atoms with Gasteiger partial charge < -0.3 is 15.4 Å². The number of benzene rings is 2. The highest BCUT2D eigenvalue weighted by Crippen LogP contribution is 2.42. The molecule has 1 atom stereocenters. The summed E-state index contributed by atoms with van der Waals surface area (Å²) in [6.45, 7) is 0.612. The Kier molecular flexibility index (Phi) is 4.45. The smallest absolute Gasteiger partial charge is 0.416 e. The molecule has 2 N–H and O–H groups in total. The minimum Gasteiger partial charge on any atom is -0.491 e. The van der Waals surface area contributed by atoms with Gasteiger partial charge in [0, 0.05) is 23.1 Å². The fourth-order valence-electron chi connectivity index (χ4n) is 4.43. The van der Waals surface area contributed by atoms with Crippen molar-refractivity contribution < 1.29 is 22.7 Å². The van der Waals surface area contributed by atoms with Crippen LogP contribution in [0.1, 0.15) is 40.4 Å². The number of hydrogen-bond donors (Lipinski definition) is 1. The van der Waals surface area contributed by atoms with Gasteiger partial charge in [-0.2, -0.15) is 13.2 Å². The molecule has 1 aliphatic heterocycles. The van der Waals surface area contributed by atoms with E-state index in [1.165, 1.54) is 16.8 Å². The third-order valence-corrected chi connectivity index (χ3v) is 6.40. The van der Waals surface area contributed by atoms with E-state index in [1.54, 1.807) is 23.1 Å². The number of nitrogen functional groups attached to an aromatic ring is 1. The molecule has 0 saturated heterocycles. The van der Waals surface area contributed by atoms with Gasteiger partial charge in [-0.15, -0.1) is 10.2 Å². The Hall–Kier alpha value is -3.89. The molecule has 174 valence electrons. The number of aromatic nitrogens is 4. The van der Waals surface area contributed by atoms with Crippen molar-refractivity contribution in [2.75, 3.05) is 18.9 Å². The summed E-state index contributed by atoms with van der Waals surface area (Å²) in [4.78, 5) is 19.8. The quantitative estimate of drug-likeness (QED) is 0.488. The second kappa shape index (κ2) is 7.31. The number of halogens is 3. The molecule has 1 aliphatic carbocycles.